The van der Waals surface area contributed by atoms with Crippen LogP contribution >= 0.6 is 11.3 Å². The maximum absolute atomic E-state index is 4.69. The van der Waals surface area contributed by atoms with Gasteiger partial charge in [-0.15, -0.1) is 11.3 Å². The summed E-state index contributed by atoms with van der Waals surface area (Å²) in [7, 11) is 0. The number of hydrogen-bond acceptors (Lipinski definition) is 6. The molecule has 5 nitrogen and oxygen atoms in total. The van der Waals surface area contributed by atoms with Gasteiger partial charge in [-0.25, -0.2) is 15.0 Å². The van der Waals surface area contributed by atoms with Gasteiger partial charge < -0.3 is 10.6 Å². The highest BCUT2D eigenvalue weighted by molar-refractivity contribution is 7.07. The van der Waals surface area contributed by atoms with Gasteiger partial charge in [0, 0.05) is 23.4 Å². The van der Waals surface area contributed by atoms with Crippen molar-refractivity contribution in [3.63, 3.8) is 0 Å². The van der Waals surface area contributed by atoms with Gasteiger partial charge in [-0.1, -0.05) is 0 Å². The first-order valence-electron chi connectivity index (χ1n) is 7.01. The summed E-state index contributed by atoms with van der Waals surface area (Å²) in [6.07, 6.45) is 2.42. The molecule has 0 aliphatic heterocycles. The molecule has 0 radical (unpaired) electrons. The van der Waals surface area contributed by atoms with Crippen LogP contribution in [0.4, 0.5) is 11.6 Å². The minimum absolute atomic E-state index is 0.549. The predicted molar refractivity (Wildman–Crippen MR) is 82.3 cm³/mol. The standard InChI is InChI=1S/C14H19N5S/c1-3-15-12-9(2)13(16-6-11-7-20-8-17-11)19-14(18-12)10-4-5-10/h7-8,10H,3-6H2,1-2H3,(H2,15,16,18,19). The van der Waals surface area contributed by atoms with Crippen molar-refractivity contribution in [3.8, 4) is 0 Å². The number of nitrogens with one attached hydrogen (secondary N) is 2. The van der Waals surface area contributed by atoms with Gasteiger partial charge in [0.1, 0.15) is 17.5 Å². The number of anilines is 2. The van der Waals surface area contributed by atoms with Crippen molar-refractivity contribution in [2.45, 2.75) is 39.2 Å². The van der Waals surface area contributed by atoms with E-state index in [2.05, 4.69) is 39.8 Å². The zero-order valence-electron chi connectivity index (χ0n) is 11.8. The Labute approximate surface area is 122 Å². The highest BCUT2D eigenvalue weighted by Gasteiger charge is 2.28. The average Bonchev–Trinajstić information content (AvgIpc) is 3.17. The van der Waals surface area contributed by atoms with Crippen LogP contribution in [0.5, 0.6) is 0 Å². The Morgan fingerprint density at radius 1 is 1.25 bits per heavy atom. The second-order valence-corrected chi connectivity index (χ2v) is 5.76. The lowest BCUT2D eigenvalue weighted by atomic mass is 10.2. The summed E-state index contributed by atoms with van der Waals surface area (Å²) in [5, 5.41) is 8.77. The Morgan fingerprint density at radius 3 is 2.60 bits per heavy atom. The number of hydrogen-bond donors (Lipinski definition) is 2. The molecule has 2 N–H and O–H groups in total. The Balaban J connectivity index is 1.83. The number of nitrogens with zero attached hydrogens (tertiary/aromatic N) is 3. The molecule has 0 atom stereocenters. The molecule has 1 aliphatic rings. The Morgan fingerprint density at radius 2 is 2.00 bits per heavy atom. The Bertz CT molecular complexity index is 578. The first kappa shape index (κ1) is 13.3. The lowest BCUT2D eigenvalue weighted by Crippen LogP contribution is -2.11. The summed E-state index contributed by atoms with van der Waals surface area (Å²) in [4.78, 5) is 13.6. The molecular weight excluding hydrogens is 270 g/mol. The van der Waals surface area contributed by atoms with Crippen LogP contribution in [-0.2, 0) is 6.54 Å². The van der Waals surface area contributed by atoms with Gasteiger partial charge >= 0.3 is 0 Å². The second-order valence-electron chi connectivity index (χ2n) is 5.04. The first-order chi connectivity index (χ1) is 9.78. The van der Waals surface area contributed by atoms with Crippen LogP contribution in [0.1, 0.15) is 42.8 Å². The fraction of sp³-hybridized carbons (Fsp3) is 0.500. The third-order valence-corrected chi connectivity index (χ3v) is 4.01. The maximum atomic E-state index is 4.69. The van der Waals surface area contributed by atoms with E-state index in [9.17, 15) is 0 Å². The number of rotatable bonds is 6. The van der Waals surface area contributed by atoms with Gasteiger partial charge in [0.25, 0.3) is 0 Å². The quantitative estimate of drug-likeness (QED) is 0.855. The fourth-order valence-electron chi connectivity index (χ4n) is 2.07. The van der Waals surface area contributed by atoms with E-state index in [-0.39, 0.29) is 0 Å². The van der Waals surface area contributed by atoms with Gasteiger partial charge in [0.05, 0.1) is 17.7 Å². The van der Waals surface area contributed by atoms with Crippen molar-refractivity contribution in [3.05, 3.63) is 28.0 Å². The van der Waals surface area contributed by atoms with Crippen LogP contribution in [0.25, 0.3) is 0 Å². The predicted octanol–water partition coefficient (Wildman–Crippen LogP) is 3.16. The van der Waals surface area contributed by atoms with E-state index in [4.69, 9.17) is 4.98 Å². The van der Waals surface area contributed by atoms with Gasteiger partial charge in [0.15, 0.2) is 0 Å². The summed E-state index contributed by atoms with van der Waals surface area (Å²) in [6, 6.07) is 0. The zero-order chi connectivity index (χ0) is 13.9. The van der Waals surface area contributed by atoms with Crippen molar-refractivity contribution in [2.24, 2.45) is 0 Å². The summed E-state index contributed by atoms with van der Waals surface area (Å²) >= 11 is 1.61. The van der Waals surface area contributed by atoms with Gasteiger partial charge in [-0.3, -0.25) is 0 Å². The molecule has 1 fully saturated rings. The normalized spacial score (nSPS) is 14.3. The highest BCUT2D eigenvalue weighted by Crippen LogP contribution is 2.39. The summed E-state index contributed by atoms with van der Waals surface area (Å²) < 4.78 is 0. The average molecular weight is 289 g/mol. The zero-order valence-corrected chi connectivity index (χ0v) is 12.6. The fourth-order valence-corrected chi connectivity index (χ4v) is 2.63. The third kappa shape index (κ3) is 2.90. The molecule has 2 aromatic heterocycles. The van der Waals surface area contributed by atoms with Crippen molar-refractivity contribution in [2.75, 3.05) is 17.2 Å². The SMILES string of the molecule is CCNc1nc(C2CC2)nc(NCc2cscn2)c1C. The molecule has 2 heterocycles. The lowest BCUT2D eigenvalue weighted by molar-refractivity contribution is 0.906. The molecular formula is C14H19N5S. The topological polar surface area (TPSA) is 62.7 Å². The van der Waals surface area contributed by atoms with Crippen molar-refractivity contribution in [1.29, 1.82) is 0 Å². The van der Waals surface area contributed by atoms with E-state index < -0.39 is 0 Å². The van der Waals surface area contributed by atoms with Crippen molar-refractivity contribution in [1.82, 2.24) is 15.0 Å². The van der Waals surface area contributed by atoms with Crippen molar-refractivity contribution < 1.29 is 0 Å². The highest BCUT2D eigenvalue weighted by atomic mass is 32.1. The third-order valence-electron chi connectivity index (χ3n) is 3.37. The minimum Gasteiger partial charge on any atom is -0.370 e. The van der Waals surface area contributed by atoms with Crippen LogP contribution in [0.3, 0.4) is 0 Å². The maximum Gasteiger partial charge on any atom is 0.136 e. The number of thiazole rings is 1. The molecule has 1 aliphatic carbocycles. The molecule has 0 saturated heterocycles. The molecule has 106 valence electrons. The molecule has 0 spiro atoms. The molecule has 6 heteroatoms. The van der Waals surface area contributed by atoms with Gasteiger partial charge in [0.2, 0.25) is 0 Å². The Kier molecular flexibility index (Phi) is 3.82. The van der Waals surface area contributed by atoms with Crippen LogP contribution < -0.4 is 10.6 Å². The van der Waals surface area contributed by atoms with Gasteiger partial charge in [-0.2, -0.15) is 0 Å². The van der Waals surface area contributed by atoms with E-state index >= 15 is 0 Å². The molecule has 20 heavy (non-hydrogen) atoms. The van der Waals surface area contributed by atoms with E-state index in [0.717, 1.165) is 35.3 Å². The first-order valence-corrected chi connectivity index (χ1v) is 7.95. The van der Waals surface area contributed by atoms with Crippen LogP contribution in [0.2, 0.25) is 0 Å². The molecule has 1 saturated carbocycles. The number of aromatic nitrogens is 3. The molecule has 0 bridgehead atoms. The molecule has 3 rings (SSSR count). The van der Waals surface area contributed by atoms with Crippen LogP contribution in [0.15, 0.2) is 10.9 Å². The largest absolute Gasteiger partial charge is 0.370 e. The molecule has 0 unspecified atom stereocenters. The molecule has 0 aromatic carbocycles. The smallest absolute Gasteiger partial charge is 0.136 e. The van der Waals surface area contributed by atoms with E-state index in [1.165, 1.54) is 12.8 Å². The van der Waals surface area contributed by atoms with E-state index in [1.807, 2.05) is 5.51 Å². The minimum atomic E-state index is 0.549. The summed E-state index contributed by atoms with van der Waals surface area (Å²) in [5.74, 6) is 3.39. The van der Waals surface area contributed by atoms with Crippen LogP contribution in [0, 0.1) is 6.92 Å². The second kappa shape index (κ2) is 5.75. The summed E-state index contributed by atoms with van der Waals surface area (Å²) in [5.41, 5.74) is 3.97. The van der Waals surface area contributed by atoms with Gasteiger partial charge in [-0.05, 0) is 26.7 Å². The lowest BCUT2D eigenvalue weighted by Gasteiger charge is -2.14. The summed E-state index contributed by atoms with van der Waals surface area (Å²) in [6.45, 7) is 5.71. The van der Waals surface area contributed by atoms with E-state index in [1.54, 1.807) is 11.3 Å². The van der Waals surface area contributed by atoms with E-state index in [0.29, 0.717) is 12.5 Å². The monoisotopic (exact) mass is 289 g/mol. The Hall–Kier alpha value is -1.69. The van der Waals surface area contributed by atoms with Crippen molar-refractivity contribution >= 4 is 23.0 Å². The molecule has 2 aromatic rings. The molecule has 0 amide bonds. The van der Waals surface area contributed by atoms with Crippen LogP contribution in [-0.4, -0.2) is 21.5 Å².